The summed E-state index contributed by atoms with van der Waals surface area (Å²) >= 11 is 0. The number of nitriles is 1. The number of hydrogen-bond acceptors (Lipinski definition) is 3. The third-order valence-corrected chi connectivity index (χ3v) is 2.10. The molecule has 1 heterocycles. The molecule has 0 bridgehead atoms. The summed E-state index contributed by atoms with van der Waals surface area (Å²) in [5.41, 5.74) is 0.224. The van der Waals surface area contributed by atoms with Crippen molar-refractivity contribution in [1.82, 2.24) is 4.98 Å². The van der Waals surface area contributed by atoms with Crippen LogP contribution in [0.2, 0.25) is 0 Å². The smallest absolute Gasteiger partial charge is 0.140 e. The van der Waals surface area contributed by atoms with E-state index in [2.05, 4.69) is 11.9 Å². The zero-order valence-corrected chi connectivity index (χ0v) is 8.74. The summed E-state index contributed by atoms with van der Waals surface area (Å²) < 4.78 is 5.68. The maximum absolute atomic E-state index is 8.55. The molecule has 0 saturated heterocycles. The summed E-state index contributed by atoms with van der Waals surface area (Å²) in [6.07, 6.45) is 2.50. The Bertz CT molecular complexity index is 335. The van der Waals surface area contributed by atoms with Crippen LogP contribution in [0, 0.1) is 11.3 Å². The molecule has 3 heteroatoms. The molecule has 0 fully saturated rings. The third-order valence-electron chi connectivity index (χ3n) is 2.10. The average molecular weight is 190 g/mol. The minimum atomic E-state index is -0.185. The monoisotopic (exact) mass is 190 g/mol. The molecule has 0 aliphatic rings. The van der Waals surface area contributed by atoms with Gasteiger partial charge in [0.25, 0.3) is 0 Å². The number of nitrogens with zero attached hydrogens (tertiary/aromatic N) is 2. The first kappa shape index (κ1) is 10.5. The number of pyridine rings is 1. The fourth-order valence-electron chi connectivity index (χ4n) is 0.898. The second-order valence-electron chi connectivity index (χ2n) is 3.71. The van der Waals surface area contributed by atoms with Crippen molar-refractivity contribution in [2.75, 3.05) is 0 Å². The van der Waals surface area contributed by atoms with E-state index in [0.717, 1.165) is 6.42 Å². The SMILES string of the molecule is CCC(C)(C)Oc1ccc(C#N)nc1. The molecule has 3 nitrogen and oxygen atoms in total. The van der Waals surface area contributed by atoms with Gasteiger partial charge in [0.2, 0.25) is 0 Å². The second kappa shape index (κ2) is 4.10. The van der Waals surface area contributed by atoms with Crippen molar-refractivity contribution in [3.63, 3.8) is 0 Å². The number of aromatic nitrogens is 1. The third kappa shape index (κ3) is 2.74. The lowest BCUT2D eigenvalue weighted by atomic mass is 10.1. The Morgan fingerprint density at radius 1 is 1.50 bits per heavy atom. The second-order valence-corrected chi connectivity index (χ2v) is 3.71. The number of hydrogen-bond donors (Lipinski definition) is 0. The van der Waals surface area contributed by atoms with E-state index < -0.39 is 0 Å². The van der Waals surface area contributed by atoms with Crippen molar-refractivity contribution in [3.8, 4) is 11.8 Å². The van der Waals surface area contributed by atoms with E-state index >= 15 is 0 Å². The molecule has 74 valence electrons. The van der Waals surface area contributed by atoms with Gasteiger partial charge in [-0.05, 0) is 32.4 Å². The first-order chi connectivity index (χ1) is 6.57. The molecule has 0 aliphatic heterocycles. The van der Waals surface area contributed by atoms with Gasteiger partial charge in [-0.15, -0.1) is 0 Å². The van der Waals surface area contributed by atoms with E-state index in [1.165, 1.54) is 0 Å². The highest BCUT2D eigenvalue weighted by atomic mass is 16.5. The van der Waals surface area contributed by atoms with Gasteiger partial charge < -0.3 is 4.74 Å². The Morgan fingerprint density at radius 3 is 2.64 bits per heavy atom. The molecule has 0 saturated carbocycles. The van der Waals surface area contributed by atoms with Gasteiger partial charge in [0.05, 0.1) is 6.20 Å². The Morgan fingerprint density at radius 2 is 2.21 bits per heavy atom. The molecule has 0 spiro atoms. The highest BCUT2D eigenvalue weighted by Gasteiger charge is 2.16. The summed E-state index contributed by atoms with van der Waals surface area (Å²) in [4.78, 5) is 3.93. The summed E-state index contributed by atoms with van der Waals surface area (Å²) in [6, 6.07) is 5.38. The normalized spacial score (nSPS) is 10.7. The van der Waals surface area contributed by atoms with Crippen LogP contribution >= 0.6 is 0 Å². The molecule has 1 aromatic rings. The van der Waals surface area contributed by atoms with E-state index in [-0.39, 0.29) is 5.60 Å². The van der Waals surface area contributed by atoms with Crippen molar-refractivity contribution in [2.24, 2.45) is 0 Å². The van der Waals surface area contributed by atoms with Gasteiger partial charge >= 0.3 is 0 Å². The summed E-state index contributed by atoms with van der Waals surface area (Å²) in [5, 5.41) is 8.55. The van der Waals surface area contributed by atoms with E-state index in [1.807, 2.05) is 19.9 Å². The maximum Gasteiger partial charge on any atom is 0.140 e. The zero-order valence-electron chi connectivity index (χ0n) is 8.74. The molecule has 0 aliphatic carbocycles. The fourth-order valence-corrected chi connectivity index (χ4v) is 0.898. The highest BCUT2D eigenvalue weighted by Crippen LogP contribution is 2.19. The van der Waals surface area contributed by atoms with Gasteiger partial charge in [0.1, 0.15) is 23.1 Å². The first-order valence-electron chi connectivity index (χ1n) is 4.62. The predicted molar refractivity (Wildman–Crippen MR) is 54.0 cm³/mol. The van der Waals surface area contributed by atoms with Crippen LogP contribution < -0.4 is 4.74 Å². The van der Waals surface area contributed by atoms with Gasteiger partial charge in [0.15, 0.2) is 0 Å². The lowest BCUT2D eigenvalue weighted by molar-refractivity contribution is 0.105. The maximum atomic E-state index is 8.55. The van der Waals surface area contributed by atoms with Crippen LogP contribution in [-0.2, 0) is 0 Å². The van der Waals surface area contributed by atoms with Crippen molar-refractivity contribution in [2.45, 2.75) is 32.8 Å². The van der Waals surface area contributed by atoms with E-state index in [1.54, 1.807) is 18.3 Å². The van der Waals surface area contributed by atoms with Gasteiger partial charge in [-0.25, -0.2) is 4.98 Å². The molecule has 0 N–H and O–H groups in total. The van der Waals surface area contributed by atoms with Crippen LogP contribution in [0.3, 0.4) is 0 Å². The Balaban J connectivity index is 2.75. The average Bonchev–Trinajstić information content (AvgIpc) is 2.19. The Hall–Kier alpha value is -1.56. The van der Waals surface area contributed by atoms with Gasteiger partial charge in [-0.3, -0.25) is 0 Å². The standard InChI is InChI=1S/C11H14N2O/c1-4-11(2,3)14-10-6-5-9(7-12)13-8-10/h5-6,8H,4H2,1-3H3. The Labute approximate surface area is 84.3 Å². The van der Waals surface area contributed by atoms with Crippen LogP contribution in [-0.4, -0.2) is 10.6 Å². The van der Waals surface area contributed by atoms with E-state index in [9.17, 15) is 0 Å². The molecule has 0 amide bonds. The minimum absolute atomic E-state index is 0.185. The highest BCUT2D eigenvalue weighted by molar-refractivity contribution is 5.26. The molecule has 1 rings (SSSR count). The van der Waals surface area contributed by atoms with Crippen LogP contribution in [0.5, 0.6) is 5.75 Å². The van der Waals surface area contributed by atoms with Crippen LogP contribution in [0.15, 0.2) is 18.3 Å². The number of ether oxygens (including phenoxy) is 1. The van der Waals surface area contributed by atoms with Gasteiger partial charge in [-0.1, -0.05) is 6.92 Å². The topological polar surface area (TPSA) is 45.9 Å². The lowest BCUT2D eigenvalue weighted by Crippen LogP contribution is -2.26. The summed E-state index contributed by atoms with van der Waals surface area (Å²) in [7, 11) is 0. The largest absolute Gasteiger partial charge is 0.486 e. The van der Waals surface area contributed by atoms with Crippen molar-refractivity contribution < 1.29 is 4.74 Å². The molecule has 14 heavy (non-hydrogen) atoms. The molecular weight excluding hydrogens is 176 g/mol. The number of rotatable bonds is 3. The molecular formula is C11H14N2O. The van der Waals surface area contributed by atoms with Crippen molar-refractivity contribution >= 4 is 0 Å². The zero-order chi connectivity index (χ0) is 10.6. The lowest BCUT2D eigenvalue weighted by Gasteiger charge is -2.24. The van der Waals surface area contributed by atoms with Crippen LogP contribution in [0.25, 0.3) is 0 Å². The van der Waals surface area contributed by atoms with Crippen LogP contribution in [0.1, 0.15) is 32.9 Å². The predicted octanol–water partition coefficient (Wildman–Crippen LogP) is 2.52. The molecule has 0 atom stereocenters. The van der Waals surface area contributed by atoms with Crippen molar-refractivity contribution in [1.29, 1.82) is 5.26 Å². The van der Waals surface area contributed by atoms with Gasteiger partial charge in [-0.2, -0.15) is 5.26 Å². The van der Waals surface area contributed by atoms with Gasteiger partial charge in [0, 0.05) is 0 Å². The summed E-state index contributed by atoms with van der Waals surface area (Å²) in [6.45, 7) is 6.10. The molecule has 0 radical (unpaired) electrons. The molecule has 1 aromatic heterocycles. The fraction of sp³-hybridized carbons (Fsp3) is 0.455. The van der Waals surface area contributed by atoms with Crippen molar-refractivity contribution in [3.05, 3.63) is 24.0 Å². The molecule has 0 aromatic carbocycles. The first-order valence-corrected chi connectivity index (χ1v) is 4.62. The Kier molecular flexibility index (Phi) is 3.08. The molecule has 0 unspecified atom stereocenters. The summed E-state index contributed by atoms with van der Waals surface area (Å²) in [5.74, 6) is 0.704. The minimum Gasteiger partial charge on any atom is -0.486 e. The van der Waals surface area contributed by atoms with Crippen LogP contribution in [0.4, 0.5) is 0 Å². The van der Waals surface area contributed by atoms with E-state index in [4.69, 9.17) is 10.00 Å². The quantitative estimate of drug-likeness (QED) is 0.735. The van der Waals surface area contributed by atoms with E-state index in [0.29, 0.717) is 11.4 Å².